The summed E-state index contributed by atoms with van der Waals surface area (Å²) in [5.41, 5.74) is 5.51. The van der Waals surface area contributed by atoms with Gasteiger partial charge in [-0.3, -0.25) is 5.10 Å². The zero-order valence-electron chi connectivity index (χ0n) is 8.00. The van der Waals surface area contributed by atoms with Crippen LogP contribution in [0.5, 0.6) is 0 Å². The number of rotatable bonds is 3. The summed E-state index contributed by atoms with van der Waals surface area (Å²) in [5, 5.41) is 7.01. The minimum absolute atomic E-state index is 0.0389. The van der Waals surface area contributed by atoms with Gasteiger partial charge in [0.25, 0.3) is 5.92 Å². The van der Waals surface area contributed by atoms with E-state index in [1.165, 1.54) is 12.3 Å². The number of hydrogen-bond donors (Lipinski definition) is 2. The van der Waals surface area contributed by atoms with Crippen molar-refractivity contribution in [3.8, 4) is 0 Å². The van der Waals surface area contributed by atoms with Crippen LogP contribution >= 0.6 is 0 Å². The number of H-pyrrole nitrogens is 1. The highest BCUT2D eigenvalue weighted by atomic mass is 19.3. The molecule has 0 bridgehead atoms. The number of hydrogen-bond acceptors (Lipinski definition) is 2. The number of aromatic nitrogens is 2. The summed E-state index contributed by atoms with van der Waals surface area (Å²) in [7, 11) is 0. The van der Waals surface area contributed by atoms with Crippen molar-refractivity contribution in [3.05, 3.63) is 30.0 Å². The van der Waals surface area contributed by atoms with Crippen LogP contribution in [0.15, 0.2) is 24.4 Å². The first-order chi connectivity index (χ1) is 7.15. The molecule has 0 aliphatic heterocycles. The number of alkyl halides is 2. The molecule has 0 fully saturated rings. The average Bonchev–Trinajstić information content (AvgIpc) is 2.64. The Bertz CT molecular complexity index is 464. The predicted molar refractivity (Wildman–Crippen MR) is 53.7 cm³/mol. The third-order valence-corrected chi connectivity index (χ3v) is 2.33. The van der Waals surface area contributed by atoms with Crippen molar-refractivity contribution >= 4 is 10.9 Å². The Balaban J connectivity index is 2.55. The molecule has 0 amide bonds. The molecule has 0 aliphatic carbocycles. The maximum atomic E-state index is 13.6. The van der Waals surface area contributed by atoms with Crippen molar-refractivity contribution in [2.24, 2.45) is 5.73 Å². The Hall–Kier alpha value is -1.49. The Labute approximate surface area is 85.3 Å². The number of nitrogens with zero attached hydrogens (tertiary/aromatic N) is 1. The lowest BCUT2D eigenvalue weighted by atomic mass is 10.0. The summed E-state index contributed by atoms with van der Waals surface area (Å²) < 4.78 is 27.3. The number of nitrogens with one attached hydrogen (secondary N) is 1. The molecule has 3 nitrogen and oxygen atoms in total. The molecule has 80 valence electrons. The molecular weight excluding hydrogens is 200 g/mol. The Kier molecular flexibility index (Phi) is 2.40. The van der Waals surface area contributed by atoms with Crippen LogP contribution < -0.4 is 5.73 Å². The fraction of sp³-hybridized carbons (Fsp3) is 0.300. The van der Waals surface area contributed by atoms with E-state index in [0.717, 1.165) is 0 Å². The molecule has 15 heavy (non-hydrogen) atoms. The van der Waals surface area contributed by atoms with Crippen LogP contribution in [-0.2, 0) is 5.92 Å². The minimum atomic E-state index is -2.90. The van der Waals surface area contributed by atoms with Gasteiger partial charge < -0.3 is 5.73 Å². The lowest BCUT2D eigenvalue weighted by Gasteiger charge is -2.16. The summed E-state index contributed by atoms with van der Waals surface area (Å²) in [6.45, 7) is -0.0441. The van der Waals surface area contributed by atoms with Crippen molar-refractivity contribution < 1.29 is 8.78 Å². The van der Waals surface area contributed by atoms with Crippen LogP contribution in [0.1, 0.15) is 12.0 Å². The second kappa shape index (κ2) is 3.58. The van der Waals surface area contributed by atoms with E-state index in [0.29, 0.717) is 10.9 Å². The molecule has 0 aliphatic rings. The molecule has 2 aromatic rings. The van der Waals surface area contributed by atoms with Gasteiger partial charge in [-0.1, -0.05) is 18.2 Å². The van der Waals surface area contributed by atoms with Gasteiger partial charge in [0.2, 0.25) is 0 Å². The lowest BCUT2D eigenvalue weighted by Crippen LogP contribution is -2.19. The topological polar surface area (TPSA) is 54.7 Å². The van der Waals surface area contributed by atoms with E-state index >= 15 is 0 Å². The number of nitrogens with two attached hydrogens (primary N) is 1. The molecule has 1 aromatic heterocycles. The standard InChI is InChI=1S/C10H11F2N3/c11-10(12,4-5-13)8-3-1-2-7-6-14-15-9(7)8/h1-3,6H,4-5,13H2,(H,14,15). The minimum Gasteiger partial charge on any atom is -0.330 e. The third kappa shape index (κ3) is 1.70. The maximum Gasteiger partial charge on any atom is 0.276 e. The number of para-hydroxylation sites is 1. The van der Waals surface area contributed by atoms with E-state index < -0.39 is 5.92 Å². The molecule has 0 unspecified atom stereocenters. The summed E-state index contributed by atoms with van der Waals surface area (Å²) >= 11 is 0. The highest BCUT2D eigenvalue weighted by Gasteiger charge is 2.32. The van der Waals surface area contributed by atoms with Gasteiger partial charge in [-0.25, -0.2) is 8.78 Å². The second-order valence-corrected chi connectivity index (χ2v) is 3.38. The van der Waals surface area contributed by atoms with Crippen molar-refractivity contribution in [2.75, 3.05) is 6.54 Å². The van der Waals surface area contributed by atoms with Gasteiger partial charge in [0.1, 0.15) is 0 Å². The molecular formula is C10H11F2N3. The Morgan fingerprint density at radius 1 is 1.40 bits per heavy atom. The van der Waals surface area contributed by atoms with Gasteiger partial charge in [0.05, 0.1) is 11.7 Å². The zero-order valence-corrected chi connectivity index (χ0v) is 8.00. The van der Waals surface area contributed by atoms with Crippen LogP contribution in [0.4, 0.5) is 8.78 Å². The maximum absolute atomic E-state index is 13.6. The first-order valence-corrected chi connectivity index (χ1v) is 4.65. The van der Waals surface area contributed by atoms with Gasteiger partial charge in [-0.2, -0.15) is 5.10 Å². The first-order valence-electron chi connectivity index (χ1n) is 4.65. The van der Waals surface area contributed by atoms with Crippen LogP contribution in [0, 0.1) is 0 Å². The fourth-order valence-electron chi connectivity index (χ4n) is 1.59. The third-order valence-electron chi connectivity index (χ3n) is 2.33. The molecule has 0 spiro atoms. The largest absolute Gasteiger partial charge is 0.330 e. The summed E-state index contributed by atoms with van der Waals surface area (Å²) in [6, 6.07) is 4.73. The lowest BCUT2D eigenvalue weighted by molar-refractivity contribution is -0.00931. The second-order valence-electron chi connectivity index (χ2n) is 3.38. The number of fused-ring (bicyclic) bond motifs is 1. The van der Waals surface area contributed by atoms with E-state index in [-0.39, 0.29) is 18.5 Å². The van der Waals surface area contributed by atoms with Gasteiger partial charge >= 0.3 is 0 Å². The summed E-state index contributed by atoms with van der Waals surface area (Å²) in [6.07, 6.45) is 1.17. The molecule has 0 saturated heterocycles. The molecule has 0 radical (unpaired) electrons. The first kappa shape index (κ1) is 10.0. The predicted octanol–water partition coefficient (Wildman–Crippen LogP) is 2.00. The highest BCUT2D eigenvalue weighted by molar-refractivity contribution is 5.81. The smallest absolute Gasteiger partial charge is 0.276 e. The van der Waals surface area contributed by atoms with E-state index in [1.54, 1.807) is 12.1 Å². The molecule has 1 aromatic carbocycles. The Morgan fingerprint density at radius 3 is 2.93 bits per heavy atom. The summed E-state index contributed by atoms with van der Waals surface area (Å²) in [4.78, 5) is 0. The Morgan fingerprint density at radius 2 is 2.20 bits per heavy atom. The molecule has 0 saturated carbocycles. The molecule has 2 rings (SSSR count). The van der Waals surface area contributed by atoms with Gasteiger partial charge in [0.15, 0.2) is 0 Å². The van der Waals surface area contributed by atoms with E-state index in [9.17, 15) is 8.78 Å². The van der Waals surface area contributed by atoms with Gasteiger partial charge in [0, 0.05) is 17.4 Å². The van der Waals surface area contributed by atoms with Crippen LogP contribution in [0.3, 0.4) is 0 Å². The number of benzene rings is 1. The van der Waals surface area contributed by atoms with E-state index in [4.69, 9.17) is 5.73 Å². The number of halogens is 2. The van der Waals surface area contributed by atoms with Crippen LogP contribution in [0.25, 0.3) is 10.9 Å². The SMILES string of the molecule is NCCC(F)(F)c1cccc2cn[nH]c12. The van der Waals surface area contributed by atoms with Gasteiger partial charge in [-0.15, -0.1) is 0 Å². The molecule has 0 atom stereocenters. The van der Waals surface area contributed by atoms with Crippen molar-refractivity contribution in [2.45, 2.75) is 12.3 Å². The number of aromatic amines is 1. The van der Waals surface area contributed by atoms with Crippen LogP contribution in [-0.4, -0.2) is 16.7 Å². The quantitative estimate of drug-likeness (QED) is 0.815. The van der Waals surface area contributed by atoms with E-state index in [1.807, 2.05) is 0 Å². The van der Waals surface area contributed by atoms with Gasteiger partial charge in [-0.05, 0) is 6.54 Å². The molecule has 1 heterocycles. The summed E-state index contributed by atoms with van der Waals surface area (Å²) in [5.74, 6) is -2.90. The van der Waals surface area contributed by atoms with Crippen LogP contribution in [0.2, 0.25) is 0 Å². The van der Waals surface area contributed by atoms with E-state index in [2.05, 4.69) is 10.2 Å². The van der Waals surface area contributed by atoms with Crippen molar-refractivity contribution in [3.63, 3.8) is 0 Å². The average molecular weight is 211 g/mol. The fourth-order valence-corrected chi connectivity index (χ4v) is 1.59. The normalized spacial score (nSPS) is 12.2. The van der Waals surface area contributed by atoms with Crippen molar-refractivity contribution in [1.29, 1.82) is 0 Å². The molecule has 3 N–H and O–H groups in total. The van der Waals surface area contributed by atoms with Crippen molar-refractivity contribution in [1.82, 2.24) is 10.2 Å². The highest BCUT2D eigenvalue weighted by Crippen LogP contribution is 2.34. The monoisotopic (exact) mass is 211 g/mol. The molecule has 5 heteroatoms. The zero-order chi connectivity index (χ0) is 10.9.